The average molecular weight is 300 g/mol. The highest BCUT2D eigenvalue weighted by Gasteiger charge is 2.33. The van der Waals surface area contributed by atoms with Crippen LogP contribution < -0.4 is 0 Å². The Bertz CT molecular complexity index is 283. The van der Waals surface area contributed by atoms with E-state index in [9.17, 15) is 9.90 Å². The summed E-state index contributed by atoms with van der Waals surface area (Å²) in [7, 11) is 0. The topological polar surface area (TPSA) is 77.8 Å². The Morgan fingerprint density at radius 3 is 2.00 bits per heavy atom. The average Bonchev–Trinajstić information content (AvgIpc) is 2.51. The van der Waals surface area contributed by atoms with E-state index in [1.807, 2.05) is 0 Å². The van der Waals surface area contributed by atoms with E-state index in [1.54, 1.807) is 0 Å². The summed E-state index contributed by atoms with van der Waals surface area (Å²) < 4.78 is 0. The second-order valence-corrected chi connectivity index (χ2v) is 5.69. The van der Waals surface area contributed by atoms with Crippen LogP contribution in [0.4, 0.5) is 0 Å². The lowest BCUT2D eigenvalue weighted by atomic mass is 9.95. The molecular formula is C17H32O4. The normalized spacial score (nSPS) is 12.2. The van der Waals surface area contributed by atoms with E-state index in [2.05, 4.69) is 19.1 Å². The number of allylic oxidation sites excluding steroid dienone is 2. The zero-order valence-electron chi connectivity index (χ0n) is 13.4. The van der Waals surface area contributed by atoms with Crippen molar-refractivity contribution in [3.05, 3.63) is 12.2 Å². The number of Topliss-reactive ketones (excluding diaryl/α,β-unsaturated/α-hetero) is 1. The van der Waals surface area contributed by atoms with Gasteiger partial charge in [-0.3, -0.25) is 4.79 Å². The molecule has 21 heavy (non-hydrogen) atoms. The Labute approximate surface area is 128 Å². The number of carbonyl (C=O) groups excluding carboxylic acids is 1. The molecule has 4 nitrogen and oxygen atoms in total. The lowest BCUT2D eigenvalue weighted by molar-refractivity contribution is -0.146. The zero-order chi connectivity index (χ0) is 16.0. The fourth-order valence-electron chi connectivity index (χ4n) is 2.09. The van der Waals surface area contributed by atoms with Crippen LogP contribution in [0.5, 0.6) is 0 Å². The quantitative estimate of drug-likeness (QED) is 0.340. The Balaban J connectivity index is 3.48. The molecule has 124 valence electrons. The monoisotopic (exact) mass is 300 g/mol. The minimum atomic E-state index is -1.96. The van der Waals surface area contributed by atoms with Crippen LogP contribution in [0.15, 0.2) is 12.2 Å². The molecule has 0 unspecified atom stereocenters. The Kier molecular flexibility index (Phi) is 12.5. The number of hydrogen-bond donors (Lipinski definition) is 3. The van der Waals surface area contributed by atoms with Crippen molar-refractivity contribution in [1.29, 1.82) is 0 Å². The predicted molar refractivity (Wildman–Crippen MR) is 85.1 cm³/mol. The molecule has 3 N–H and O–H groups in total. The van der Waals surface area contributed by atoms with Gasteiger partial charge in [0.05, 0.1) is 13.2 Å². The first-order chi connectivity index (χ1) is 10.1. The lowest BCUT2D eigenvalue weighted by Crippen LogP contribution is -2.45. The van der Waals surface area contributed by atoms with Crippen molar-refractivity contribution < 1.29 is 20.1 Å². The number of hydrogen-bond acceptors (Lipinski definition) is 4. The number of carbonyl (C=O) groups is 1. The summed E-state index contributed by atoms with van der Waals surface area (Å²) in [6.07, 6.45) is 14.6. The van der Waals surface area contributed by atoms with Crippen LogP contribution in [0.25, 0.3) is 0 Å². The molecule has 0 aromatic heterocycles. The van der Waals surface area contributed by atoms with E-state index >= 15 is 0 Å². The molecule has 0 spiro atoms. The number of rotatable bonds is 14. The zero-order valence-corrected chi connectivity index (χ0v) is 13.4. The first-order valence-corrected chi connectivity index (χ1v) is 8.23. The summed E-state index contributed by atoms with van der Waals surface area (Å²) >= 11 is 0. The maximum absolute atomic E-state index is 11.6. The van der Waals surface area contributed by atoms with Gasteiger partial charge in [-0.2, -0.15) is 0 Å². The van der Waals surface area contributed by atoms with Gasteiger partial charge >= 0.3 is 0 Å². The van der Waals surface area contributed by atoms with Crippen LogP contribution in [0, 0.1) is 0 Å². The highest BCUT2D eigenvalue weighted by Crippen LogP contribution is 2.13. The predicted octanol–water partition coefficient (Wildman–Crippen LogP) is 2.75. The largest absolute Gasteiger partial charge is 0.393 e. The number of aliphatic hydroxyl groups is 3. The minimum Gasteiger partial charge on any atom is -0.393 e. The third kappa shape index (κ3) is 9.77. The maximum atomic E-state index is 11.6. The van der Waals surface area contributed by atoms with Gasteiger partial charge in [0, 0.05) is 6.42 Å². The third-order valence-corrected chi connectivity index (χ3v) is 3.71. The van der Waals surface area contributed by atoms with E-state index in [-0.39, 0.29) is 6.42 Å². The third-order valence-electron chi connectivity index (χ3n) is 3.71. The van der Waals surface area contributed by atoms with Gasteiger partial charge in [-0.1, -0.05) is 51.2 Å². The summed E-state index contributed by atoms with van der Waals surface area (Å²) in [5.74, 6) is -0.466. The highest BCUT2D eigenvalue weighted by atomic mass is 16.4. The van der Waals surface area contributed by atoms with Crippen molar-refractivity contribution in [2.75, 3.05) is 13.2 Å². The number of unbranched alkanes of at least 4 members (excludes halogenated alkanes) is 7. The molecule has 0 aliphatic rings. The Morgan fingerprint density at radius 1 is 0.905 bits per heavy atom. The molecule has 0 amide bonds. The van der Waals surface area contributed by atoms with Crippen LogP contribution in [-0.4, -0.2) is 39.9 Å². The highest BCUT2D eigenvalue weighted by molar-refractivity contribution is 5.87. The molecule has 0 aromatic carbocycles. The molecule has 0 atom stereocenters. The van der Waals surface area contributed by atoms with Gasteiger partial charge in [-0.05, 0) is 25.7 Å². The van der Waals surface area contributed by atoms with Gasteiger partial charge in [0.15, 0.2) is 11.4 Å². The SMILES string of the molecule is CCCCC=CCCCCCCCC(=O)C(O)(CO)CO. The van der Waals surface area contributed by atoms with Gasteiger partial charge in [0.1, 0.15) is 0 Å². The molecular weight excluding hydrogens is 268 g/mol. The van der Waals surface area contributed by atoms with Crippen LogP contribution in [0.1, 0.15) is 71.1 Å². The van der Waals surface area contributed by atoms with E-state index in [0.29, 0.717) is 6.42 Å². The first-order valence-electron chi connectivity index (χ1n) is 8.23. The fraction of sp³-hybridized carbons (Fsp3) is 0.824. The summed E-state index contributed by atoms with van der Waals surface area (Å²) in [5.41, 5.74) is -1.96. The van der Waals surface area contributed by atoms with Crippen molar-refractivity contribution in [3.63, 3.8) is 0 Å². The summed E-state index contributed by atoms with van der Waals surface area (Å²) in [5, 5.41) is 27.4. The van der Waals surface area contributed by atoms with Crippen molar-refractivity contribution in [2.45, 2.75) is 76.7 Å². The van der Waals surface area contributed by atoms with E-state index < -0.39 is 24.6 Å². The second-order valence-electron chi connectivity index (χ2n) is 5.69. The van der Waals surface area contributed by atoms with Crippen LogP contribution in [0.3, 0.4) is 0 Å². The van der Waals surface area contributed by atoms with Crippen LogP contribution in [0.2, 0.25) is 0 Å². The van der Waals surface area contributed by atoms with Gasteiger partial charge in [-0.15, -0.1) is 0 Å². The van der Waals surface area contributed by atoms with Gasteiger partial charge in [0.2, 0.25) is 0 Å². The van der Waals surface area contributed by atoms with Gasteiger partial charge in [-0.25, -0.2) is 0 Å². The Hall–Kier alpha value is -0.710. The first kappa shape index (κ1) is 20.3. The number of aliphatic hydroxyl groups excluding tert-OH is 2. The van der Waals surface area contributed by atoms with Gasteiger partial charge < -0.3 is 15.3 Å². The van der Waals surface area contributed by atoms with Crippen molar-refractivity contribution in [1.82, 2.24) is 0 Å². The molecule has 4 heteroatoms. The molecule has 0 aromatic rings. The molecule has 0 aliphatic carbocycles. The lowest BCUT2D eigenvalue weighted by Gasteiger charge is -2.21. The van der Waals surface area contributed by atoms with E-state index in [1.165, 1.54) is 25.7 Å². The standard InChI is InChI=1S/C17H32O4/c1-2-3-4-5-6-7-8-9-10-11-12-13-16(20)17(21,14-18)15-19/h5-6,18-19,21H,2-4,7-15H2,1H3. The van der Waals surface area contributed by atoms with Crippen LogP contribution >= 0.6 is 0 Å². The maximum Gasteiger partial charge on any atom is 0.169 e. The van der Waals surface area contributed by atoms with Crippen molar-refractivity contribution in [2.24, 2.45) is 0 Å². The molecule has 0 saturated carbocycles. The minimum absolute atomic E-state index is 0.217. The molecule has 0 fully saturated rings. The molecule has 0 aliphatic heterocycles. The molecule has 0 radical (unpaired) electrons. The van der Waals surface area contributed by atoms with Crippen LogP contribution in [-0.2, 0) is 4.79 Å². The summed E-state index contributed by atoms with van der Waals surface area (Å²) in [6, 6.07) is 0. The summed E-state index contributed by atoms with van der Waals surface area (Å²) in [6.45, 7) is 0.764. The Morgan fingerprint density at radius 2 is 1.43 bits per heavy atom. The second kappa shape index (κ2) is 13.0. The van der Waals surface area contributed by atoms with E-state index in [4.69, 9.17) is 10.2 Å². The van der Waals surface area contributed by atoms with Crippen molar-refractivity contribution >= 4 is 5.78 Å². The van der Waals surface area contributed by atoms with Gasteiger partial charge in [0.25, 0.3) is 0 Å². The van der Waals surface area contributed by atoms with Crippen molar-refractivity contribution in [3.8, 4) is 0 Å². The number of ketones is 1. The molecule has 0 rings (SSSR count). The smallest absolute Gasteiger partial charge is 0.169 e. The summed E-state index contributed by atoms with van der Waals surface area (Å²) in [4.78, 5) is 11.6. The van der Waals surface area contributed by atoms with E-state index in [0.717, 1.165) is 25.7 Å². The molecule has 0 heterocycles. The fourth-order valence-corrected chi connectivity index (χ4v) is 2.09. The molecule has 0 bridgehead atoms. The molecule has 0 saturated heterocycles.